The zero-order valence-corrected chi connectivity index (χ0v) is 18.1. The van der Waals surface area contributed by atoms with Gasteiger partial charge in [0.15, 0.2) is 0 Å². The largest absolute Gasteiger partial charge is 0.463 e. The minimum atomic E-state index is -0.0341. The van der Waals surface area contributed by atoms with E-state index in [9.17, 15) is 0 Å². The highest BCUT2D eigenvalue weighted by molar-refractivity contribution is 6.37. The van der Waals surface area contributed by atoms with Crippen LogP contribution in [0.2, 0.25) is 11.6 Å². The van der Waals surface area contributed by atoms with Crippen LogP contribution in [0.25, 0.3) is 0 Å². The summed E-state index contributed by atoms with van der Waals surface area (Å²) in [6.07, 6.45) is 4.65. The van der Waals surface area contributed by atoms with Gasteiger partial charge in [-0.15, -0.1) is 0 Å². The second-order valence-electron chi connectivity index (χ2n) is 6.74. The molecule has 0 unspecified atom stereocenters. The minimum absolute atomic E-state index is 0.0341. The topological polar surface area (TPSA) is 38.2 Å². The molecule has 0 fully saturated rings. The van der Waals surface area contributed by atoms with Crippen LogP contribution in [-0.2, 0) is 6.42 Å². The number of rotatable bonds is 12. The van der Waals surface area contributed by atoms with Gasteiger partial charge in [0, 0.05) is 33.9 Å². The van der Waals surface area contributed by atoms with Gasteiger partial charge in [0.05, 0.1) is 6.61 Å². The predicted molar refractivity (Wildman–Crippen MR) is 108 cm³/mol. The van der Waals surface area contributed by atoms with Gasteiger partial charge in [-0.2, -0.15) is 4.98 Å². The standard InChI is InChI=1S/C19H37N3OSi/c1-7-11-12-22(10-4)18-17(9-3)16(6)20-19(21-18)23-14-15(5)24-13-8-2/h15H,7-14,24H2,1-6H3/t15-/m0/s1. The normalized spacial score (nSPS) is 12.8. The van der Waals surface area contributed by atoms with E-state index < -0.39 is 0 Å². The van der Waals surface area contributed by atoms with Crippen LogP contribution in [0.3, 0.4) is 0 Å². The van der Waals surface area contributed by atoms with Crippen molar-refractivity contribution in [3.63, 3.8) is 0 Å². The summed E-state index contributed by atoms with van der Waals surface area (Å²) in [5.41, 5.74) is 3.00. The quantitative estimate of drug-likeness (QED) is 0.530. The number of ether oxygens (including phenoxy) is 1. The van der Waals surface area contributed by atoms with E-state index >= 15 is 0 Å². The van der Waals surface area contributed by atoms with Crippen LogP contribution in [0, 0.1) is 6.92 Å². The third-order valence-electron chi connectivity index (χ3n) is 4.54. The Kier molecular flexibility index (Phi) is 9.99. The van der Waals surface area contributed by atoms with Crippen molar-refractivity contribution in [2.75, 3.05) is 24.6 Å². The van der Waals surface area contributed by atoms with E-state index in [2.05, 4.69) is 51.4 Å². The van der Waals surface area contributed by atoms with E-state index in [-0.39, 0.29) is 9.52 Å². The fourth-order valence-electron chi connectivity index (χ4n) is 2.91. The Labute approximate surface area is 151 Å². The Balaban J connectivity index is 2.91. The lowest BCUT2D eigenvalue weighted by atomic mass is 10.1. The average Bonchev–Trinajstić information content (AvgIpc) is 2.58. The van der Waals surface area contributed by atoms with Crippen LogP contribution in [-0.4, -0.2) is 39.2 Å². The Morgan fingerprint density at radius 1 is 1.12 bits per heavy atom. The van der Waals surface area contributed by atoms with Gasteiger partial charge in [-0.05, 0) is 32.2 Å². The lowest BCUT2D eigenvalue weighted by Crippen LogP contribution is -2.27. The highest BCUT2D eigenvalue weighted by Crippen LogP contribution is 2.24. The van der Waals surface area contributed by atoms with E-state index in [0.29, 0.717) is 11.6 Å². The predicted octanol–water partition coefficient (Wildman–Crippen LogP) is 4.16. The van der Waals surface area contributed by atoms with Crippen molar-refractivity contribution in [2.24, 2.45) is 0 Å². The lowest BCUT2D eigenvalue weighted by molar-refractivity contribution is 0.290. The average molecular weight is 352 g/mol. The van der Waals surface area contributed by atoms with Gasteiger partial charge in [0.2, 0.25) is 0 Å². The first-order valence-electron chi connectivity index (χ1n) is 9.82. The molecular formula is C19H37N3OSi. The van der Waals surface area contributed by atoms with Crippen LogP contribution in [0.1, 0.15) is 65.1 Å². The molecule has 0 amide bonds. The molecule has 0 aliphatic carbocycles. The first-order valence-corrected chi connectivity index (χ1v) is 11.6. The monoisotopic (exact) mass is 351 g/mol. The maximum absolute atomic E-state index is 5.97. The molecule has 0 aliphatic heterocycles. The molecule has 0 aliphatic rings. The van der Waals surface area contributed by atoms with Crippen LogP contribution in [0.15, 0.2) is 0 Å². The summed E-state index contributed by atoms with van der Waals surface area (Å²) < 4.78 is 5.97. The van der Waals surface area contributed by atoms with Gasteiger partial charge in [0.25, 0.3) is 0 Å². The number of anilines is 1. The lowest BCUT2D eigenvalue weighted by Gasteiger charge is -2.25. The molecule has 1 aromatic rings. The summed E-state index contributed by atoms with van der Waals surface area (Å²) in [5.74, 6) is 1.08. The minimum Gasteiger partial charge on any atom is -0.463 e. The summed E-state index contributed by atoms with van der Waals surface area (Å²) >= 11 is 0. The third-order valence-corrected chi connectivity index (χ3v) is 6.87. The molecule has 5 heteroatoms. The molecule has 4 nitrogen and oxygen atoms in total. The fourth-order valence-corrected chi connectivity index (χ4v) is 4.30. The van der Waals surface area contributed by atoms with Gasteiger partial charge in [-0.25, -0.2) is 4.98 Å². The summed E-state index contributed by atoms with van der Waals surface area (Å²) in [5, 5.41) is 0. The molecule has 0 radical (unpaired) electrons. The second-order valence-corrected chi connectivity index (χ2v) is 9.42. The SMILES string of the molecule is CCCCN(CC)c1nc(OC[C@H](C)[SiH2]CCC)nc(C)c1CC. The maximum atomic E-state index is 5.97. The summed E-state index contributed by atoms with van der Waals surface area (Å²) in [6.45, 7) is 16.0. The van der Waals surface area contributed by atoms with Crippen molar-refractivity contribution in [1.82, 2.24) is 9.97 Å². The molecular weight excluding hydrogens is 314 g/mol. The number of nitrogens with zero attached hydrogens (tertiary/aromatic N) is 3. The zero-order chi connectivity index (χ0) is 17.9. The van der Waals surface area contributed by atoms with Gasteiger partial charge in [0.1, 0.15) is 5.82 Å². The molecule has 1 rings (SSSR count). The number of unbranched alkanes of at least 4 members (excludes halogenated alkanes) is 1. The molecule has 0 aromatic carbocycles. The Morgan fingerprint density at radius 3 is 2.46 bits per heavy atom. The van der Waals surface area contributed by atoms with E-state index in [1.807, 2.05) is 0 Å². The van der Waals surface area contributed by atoms with Crippen LogP contribution in [0.5, 0.6) is 6.01 Å². The molecule has 0 N–H and O–H groups in total. The summed E-state index contributed by atoms with van der Waals surface area (Å²) in [6, 6.07) is 1.96. The molecule has 24 heavy (non-hydrogen) atoms. The van der Waals surface area contributed by atoms with Crippen LogP contribution < -0.4 is 9.64 Å². The van der Waals surface area contributed by atoms with E-state index in [1.54, 1.807) is 0 Å². The summed E-state index contributed by atoms with van der Waals surface area (Å²) in [4.78, 5) is 11.8. The number of aromatic nitrogens is 2. The first-order chi connectivity index (χ1) is 11.6. The highest BCUT2D eigenvalue weighted by atomic mass is 28.2. The van der Waals surface area contributed by atoms with Crippen molar-refractivity contribution in [3.05, 3.63) is 11.3 Å². The second kappa shape index (κ2) is 11.5. The zero-order valence-electron chi connectivity index (χ0n) is 16.7. The first kappa shape index (κ1) is 20.9. The molecule has 0 bridgehead atoms. The van der Waals surface area contributed by atoms with Gasteiger partial charge >= 0.3 is 6.01 Å². The number of hydrogen-bond acceptors (Lipinski definition) is 4. The number of aryl methyl sites for hydroxylation is 1. The van der Waals surface area contributed by atoms with Gasteiger partial charge < -0.3 is 9.64 Å². The van der Waals surface area contributed by atoms with Crippen molar-refractivity contribution in [1.29, 1.82) is 0 Å². The Morgan fingerprint density at radius 2 is 1.88 bits per heavy atom. The number of hydrogen-bond donors (Lipinski definition) is 0. The van der Waals surface area contributed by atoms with Gasteiger partial charge in [-0.3, -0.25) is 0 Å². The molecule has 0 saturated carbocycles. The smallest absolute Gasteiger partial charge is 0.318 e. The Bertz CT molecular complexity index is 482. The van der Waals surface area contributed by atoms with Crippen LogP contribution >= 0.6 is 0 Å². The molecule has 0 spiro atoms. The molecule has 0 saturated heterocycles. The molecule has 138 valence electrons. The van der Waals surface area contributed by atoms with E-state index in [1.165, 1.54) is 30.9 Å². The molecule has 1 aromatic heterocycles. The Hall–Kier alpha value is -1.10. The van der Waals surface area contributed by atoms with E-state index in [0.717, 1.165) is 37.6 Å². The van der Waals surface area contributed by atoms with E-state index in [4.69, 9.17) is 9.72 Å². The third kappa shape index (κ3) is 6.42. The van der Waals surface area contributed by atoms with Crippen molar-refractivity contribution < 1.29 is 4.74 Å². The van der Waals surface area contributed by atoms with Crippen molar-refractivity contribution in [2.45, 2.75) is 78.8 Å². The molecule has 1 heterocycles. The molecule has 1 atom stereocenters. The maximum Gasteiger partial charge on any atom is 0.318 e. The highest BCUT2D eigenvalue weighted by Gasteiger charge is 2.16. The van der Waals surface area contributed by atoms with Crippen LogP contribution in [0.4, 0.5) is 5.82 Å². The summed E-state index contributed by atoms with van der Waals surface area (Å²) in [7, 11) is -0.0341. The van der Waals surface area contributed by atoms with Crippen molar-refractivity contribution in [3.8, 4) is 6.01 Å². The fraction of sp³-hybridized carbons (Fsp3) is 0.789. The van der Waals surface area contributed by atoms with Gasteiger partial charge in [-0.1, -0.05) is 46.6 Å². The van der Waals surface area contributed by atoms with Crippen molar-refractivity contribution >= 4 is 15.3 Å².